The molecule has 0 spiro atoms. The highest BCUT2D eigenvalue weighted by Gasteiger charge is 2.33. The molecule has 2 rings (SSSR count). The minimum absolute atomic E-state index is 0.0223. The first-order valence-corrected chi connectivity index (χ1v) is 7.02. The lowest BCUT2D eigenvalue weighted by molar-refractivity contribution is 0.0868. The van der Waals surface area contributed by atoms with Gasteiger partial charge in [0, 0.05) is 12.6 Å². The zero-order chi connectivity index (χ0) is 13.9. The number of carbonyl (C=O) groups excluding carboxylic acids is 1. The summed E-state index contributed by atoms with van der Waals surface area (Å²) in [6.07, 6.45) is 7.88. The zero-order valence-electron chi connectivity index (χ0n) is 11.6. The third kappa shape index (κ3) is 3.13. The van der Waals surface area contributed by atoms with Gasteiger partial charge >= 0.3 is 0 Å². The monoisotopic (exact) mass is 261 g/mol. The Kier molecular flexibility index (Phi) is 4.20. The molecule has 0 unspecified atom stereocenters. The Bertz CT molecular complexity index is 464. The molecule has 4 nitrogen and oxygen atoms in total. The number of pyridine rings is 1. The van der Waals surface area contributed by atoms with Crippen LogP contribution in [0.2, 0.25) is 0 Å². The molecule has 0 saturated heterocycles. The van der Waals surface area contributed by atoms with Crippen LogP contribution in [0.15, 0.2) is 12.3 Å². The largest absolute Gasteiger partial charge is 0.383 e. The normalized spacial score (nSPS) is 18.2. The minimum Gasteiger partial charge on any atom is -0.383 e. The average molecular weight is 261 g/mol. The molecule has 0 radical (unpaired) electrons. The topological polar surface area (TPSA) is 82.0 Å². The number of ketones is 1. The van der Waals surface area contributed by atoms with Crippen LogP contribution in [0.1, 0.15) is 54.4 Å². The number of hydrogen-bond acceptors (Lipinski definition) is 4. The maximum Gasteiger partial charge on any atom is 0.167 e. The van der Waals surface area contributed by atoms with Crippen LogP contribution in [-0.4, -0.2) is 17.3 Å². The first kappa shape index (κ1) is 14.0. The molecule has 1 aromatic heterocycles. The number of hydrogen-bond donors (Lipinski definition) is 2. The lowest BCUT2D eigenvalue weighted by atomic mass is 9.70. The number of nitrogens with two attached hydrogens (primary N) is 2. The van der Waals surface area contributed by atoms with Gasteiger partial charge in [0.15, 0.2) is 5.78 Å². The summed E-state index contributed by atoms with van der Waals surface area (Å²) in [4.78, 5) is 16.5. The zero-order valence-corrected chi connectivity index (χ0v) is 11.6. The summed E-state index contributed by atoms with van der Waals surface area (Å²) in [5.74, 6) is 0.416. The Morgan fingerprint density at radius 3 is 2.68 bits per heavy atom. The van der Waals surface area contributed by atoms with Crippen molar-refractivity contribution < 1.29 is 4.79 Å². The summed E-state index contributed by atoms with van der Waals surface area (Å²) >= 11 is 0. The Labute approximate surface area is 114 Å². The number of rotatable bonds is 4. The Hall–Kier alpha value is -1.42. The van der Waals surface area contributed by atoms with Crippen LogP contribution in [0.25, 0.3) is 0 Å². The molecule has 0 bridgehead atoms. The molecule has 1 saturated carbocycles. The summed E-state index contributed by atoms with van der Waals surface area (Å²) in [5.41, 5.74) is 13.2. The van der Waals surface area contributed by atoms with Crippen molar-refractivity contribution in [1.29, 1.82) is 0 Å². The van der Waals surface area contributed by atoms with Gasteiger partial charge in [-0.25, -0.2) is 4.98 Å². The van der Waals surface area contributed by atoms with Crippen molar-refractivity contribution in [2.45, 2.75) is 45.4 Å². The van der Waals surface area contributed by atoms with Crippen molar-refractivity contribution in [3.8, 4) is 0 Å². The third-order valence-corrected chi connectivity index (χ3v) is 4.24. The van der Waals surface area contributed by atoms with Crippen LogP contribution in [-0.2, 0) is 0 Å². The number of aromatic nitrogens is 1. The van der Waals surface area contributed by atoms with Crippen molar-refractivity contribution in [3.05, 3.63) is 23.4 Å². The second-order valence-corrected chi connectivity index (χ2v) is 5.81. The fourth-order valence-electron chi connectivity index (χ4n) is 2.99. The highest BCUT2D eigenvalue weighted by molar-refractivity contribution is 6.00. The predicted octanol–water partition coefficient (Wildman–Crippen LogP) is 2.45. The molecular formula is C15H23N3O. The van der Waals surface area contributed by atoms with E-state index in [1.54, 1.807) is 6.20 Å². The molecule has 0 aliphatic heterocycles. The van der Waals surface area contributed by atoms with Gasteiger partial charge in [-0.1, -0.05) is 19.3 Å². The number of nitrogens with zero attached hydrogens (tertiary/aromatic N) is 1. The van der Waals surface area contributed by atoms with Crippen molar-refractivity contribution in [3.63, 3.8) is 0 Å². The van der Waals surface area contributed by atoms with Gasteiger partial charge in [0.25, 0.3) is 0 Å². The Morgan fingerprint density at radius 2 is 2.05 bits per heavy atom. The molecule has 19 heavy (non-hydrogen) atoms. The number of anilines is 1. The first-order chi connectivity index (χ1) is 9.06. The first-order valence-electron chi connectivity index (χ1n) is 7.02. The van der Waals surface area contributed by atoms with Gasteiger partial charge < -0.3 is 11.5 Å². The van der Waals surface area contributed by atoms with Crippen LogP contribution < -0.4 is 11.5 Å². The molecular weight excluding hydrogens is 238 g/mol. The maximum atomic E-state index is 12.5. The van der Waals surface area contributed by atoms with Crippen molar-refractivity contribution in [2.75, 3.05) is 12.3 Å². The Morgan fingerprint density at radius 1 is 1.37 bits per heavy atom. The van der Waals surface area contributed by atoms with E-state index in [0.717, 1.165) is 18.4 Å². The lowest BCUT2D eigenvalue weighted by Gasteiger charge is -2.35. The summed E-state index contributed by atoms with van der Waals surface area (Å²) < 4.78 is 0. The molecule has 1 aliphatic carbocycles. The van der Waals surface area contributed by atoms with Crippen LogP contribution in [0, 0.1) is 12.3 Å². The van der Waals surface area contributed by atoms with Gasteiger partial charge in [0.2, 0.25) is 0 Å². The van der Waals surface area contributed by atoms with E-state index < -0.39 is 0 Å². The van der Waals surface area contributed by atoms with E-state index in [2.05, 4.69) is 4.98 Å². The van der Waals surface area contributed by atoms with Crippen molar-refractivity contribution in [2.24, 2.45) is 11.1 Å². The average Bonchev–Trinajstić information content (AvgIpc) is 2.42. The molecule has 1 fully saturated rings. The fourth-order valence-corrected chi connectivity index (χ4v) is 2.99. The fraction of sp³-hybridized carbons (Fsp3) is 0.600. The number of nitrogen functional groups attached to an aromatic ring is 1. The maximum absolute atomic E-state index is 12.5. The van der Waals surface area contributed by atoms with Gasteiger partial charge in [-0.15, -0.1) is 0 Å². The molecule has 4 N–H and O–H groups in total. The highest BCUT2D eigenvalue weighted by Crippen LogP contribution is 2.39. The smallest absolute Gasteiger partial charge is 0.167 e. The molecule has 0 atom stereocenters. The number of Topliss-reactive ketones (excluding diaryl/α,β-unsaturated/α-hetero) is 1. The van der Waals surface area contributed by atoms with Crippen LogP contribution in [0.3, 0.4) is 0 Å². The quantitative estimate of drug-likeness (QED) is 0.816. The van der Waals surface area contributed by atoms with E-state index in [4.69, 9.17) is 11.5 Å². The summed E-state index contributed by atoms with van der Waals surface area (Å²) in [7, 11) is 0. The van der Waals surface area contributed by atoms with E-state index in [1.165, 1.54) is 19.3 Å². The lowest BCUT2D eigenvalue weighted by Crippen LogP contribution is -2.35. The summed E-state index contributed by atoms with van der Waals surface area (Å²) in [6.45, 7) is 2.50. The predicted molar refractivity (Wildman–Crippen MR) is 76.9 cm³/mol. The van der Waals surface area contributed by atoms with Crippen LogP contribution >= 0.6 is 0 Å². The van der Waals surface area contributed by atoms with Gasteiger partial charge in [0.05, 0.1) is 5.56 Å². The van der Waals surface area contributed by atoms with E-state index in [1.807, 2.05) is 13.0 Å². The standard InChI is InChI=1S/C15H23N3O/c1-11-7-12(14(17)18-9-11)13(19)8-15(10-16)5-3-2-4-6-15/h7,9H,2-6,8,10,16H2,1H3,(H2,17,18). The second-order valence-electron chi connectivity index (χ2n) is 5.81. The van der Waals surface area contributed by atoms with Gasteiger partial charge in [-0.2, -0.15) is 0 Å². The summed E-state index contributed by atoms with van der Waals surface area (Å²) in [6, 6.07) is 1.83. The van der Waals surface area contributed by atoms with E-state index in [-0.39, 0.29) is 11.2 Å². The van der Waals surface area contributed by atoms with Gasteiger partial charge in [-0.05, 0) is 43.4 Å². The molecule has 4 heteroatoms. The SMILES string of the molecule is Cc1cnc(N)c(C(=O)CC2(CN)CCCCC2)c1. The van der Waals surface area contributed by atoms with E-state index >= 15 is 0 Å². The Balaban J connectivity index is 2.17. The van der Waals surface area contributed by atoms with Gasteiger partial charge in [0.1, 0.15) is 5.82 Å². The molecule has 1 aromatic rings. The van der Waals surface area contributed by atoms with Crippen molar-refractivity contribution in [1.82, 2.24) is 4.98 Å². The molecule has 0 amide bonds. The number of aryl methyl sites for hydroxylation is 1. The van der Waals surface area contributed by atoms with E-state index in [0.29, 0.717) is 24.3 Å². The van der Waals surface area contributed by atoms with E-state index in [9.17, 15) is 4.79 Å². The molecule has 1 heterocycles. The molecule has 1 aliphatic rings. The van der Waals surface area contributed by atoms with Crippen LogP contribution in [0.5, 0.6) is 0 Å². The highest BCUT2D eigenvalue weighted by atomic mass is 16.1. The molecule has 104 valence electrons. The van der Waals surface area contributed by atoms with Crippen molar-refractivity contribution >= 4 is 11.6 Å². The third-order valence-electron chi connectivity index (χ3n) is 4.24. The second kappa shape index (κ2) is 5.70. The van der Waals surface area contributed by atoms with Crippen LogP contribution in [0.4, 0.5) is 5.82 Å². The molecule has 0 aromatic carbocycles. The minimum atomic E-state index is -0.0223. The van der Waals surface area contributed by atoms with Gasteiger partial charge in [-0.3, -0.25) is 4.79 Å². The number of carbonyl (C=O) groups is 1. The summed E-state index contributed by atoms with van der Waals surface area (Å²) in [5, 5.41) is 0.